The Labute approximate surface area is 147 Å². The Morgan fingerprint density at radius 1 is 1.00 bits per heavy atom. The topological polar surface area (TPSA) is 35.5 Å². The van der Waals surface area contributed by atoms with E-state index in [1.807, 2.05) is 51.1 Å². The van der Waals surface area contributed by atoms with Crippen molar-refractivity contribution in [3.63, 3.8) is 0 Å². The zero-order chi connectivity index (χ0) is 18.2. The summed E-state index contributed by atoms with van der Waals surface area (Å²) in [7, 11) is 0. The van der Waals surface area contributed by atoms with Gasteiger partial charge in [-0.25, -0.2) is 0 Å². The van der Waals surface area contributed by atoms with Gasteiger partial charge in [0.25, 0.3) is 0 Å². The minimum atomic E-state index is -0.414. The summed E-state index contributed by atoms with van der Waals surface area (Å²) in [6.07, 6.45) is 3.55. The van der Waals surface area contributed by atoms with Crippen molar-refractivity contribution in [1.82, 2.24) is 0 Å². The lowest BCUT2D eigenvalue weighted by Crippen LogP contribution is -2.29. The number of carbonyl (C=O) groups excluding carboxylic acids is 1. The highest BCUT2D eigenvalue weighted by Crippen LogP contribution is 2.33. The number of ether oxygens (including phenoxy) is 2. The largest absolute Gasteiger partial charge is 0.494 e. The minimum Gasteiger partial charge on any atom is -0.494 e. The van der Waals surface area contributed by atoms with E-state index in [0.29, 0.717) is 18.9 Å². The number of rotatable bonds is 8. The van der Waals surface area contributed by atoms with E-state index in [9.17, 15) is 4.79 Å². The standard InChI is InChI=1S/C21H34O3/c1-20(2,3)17(16-19(22)24-21(4,5)6)12-10-11-15-23-18-13-8-7-9-14-18/h7-9,13-14,17H,10-12,15-16H2,1-6H3. The van der Waals surface area contributed by atoms with Crippen LogP contribution in [0, 0.1) is 11.3 Å². The van der Waals surface area contributed by atoms with Gasteiger partial charge < -0.3 is 9.47 Å². The molecular formula is C21H34O3. The highest BCUT2D eigenvalue weighted by Gasteiger charge is 2.28. The zero-order valence-corrected chi connectivity index (χ0v) is 16.2. The van der Waals surface area contributed by atoms with Crippen molar-refractivity contribution in [2.75, 3.05) is 6.61 Å². The van der Waals surface area contributed by atoms with Crippen molar-refractivity contribution in [2.45, 2.75) is 72.8 Å². The average Bonchev–Trinajstić information content (AvgIpc) is 2.43. The summed E-state index contributed by atoms with van der Waals surface area (Å²) in [6, 6.07) is 9.88. The molecule has 0 bridgehead atoms. The molecule has 3 heteroatoms. The summed E-state index contributed by atoms with van der Waals surface area (Å²) < 4.78 is 11.2. The van der Waals surface area contributed by atoms with E-state index in [1.54, 1.807) is 0 Å². The summed E-state index contributed by atoms with van der Waals surface area (Å²) in [5, 5.41) is 0. The number of hydrogen-bond acceptors (Lipinski definition) is 3. The first-order chi connectivity index (χ1) is 11.1. The van der Waals surface area contributed by atoms with Gasteiger partial charge in [-0.3, -0.25) is 4.79 Å². The Kier molecular flexibility index (Phi) is 7.78. The minimum absolute atomic E-state index is 0.0944. The van der Waals surface area contributed by atoms with Gasteiger partial charge in [-0.2, -0.15) is 0 Å². The highest BCUT2D eigenvalue weighted by molar-refractivity contribution is 5.70. The summed E-state index contributed by atoms with van der Waals surface area (Å²) in [6.45, 7) is 13.1. The van der Waals surface area contributed by atoms with Crippen molar-refractivity contribution in [1.29, 1.82) is 0 Å². The molecule has 0 heterocycles. The van der Waals surface area contributed by atoms with Crippen LogP contribution in [0.3, 0.4) is 0 Å². The fourth-order valence-corrected chi connectivity index (χ4v) is 2.63. The van der Waals surface area contributed by atoms with Crippen molar-refractivity contribution in [2.24, 2.45) is 11.3 Å². The molecule has 1 rings (SSSR count). The van der Waals surface area contributed by atoms with Crippen molar-refractivity contribution < 1.29 is 14.3 Å². The number of carbonyl (C=O) groups is 1. The molecule has 1 unspecified atom stereocenters. The van der Waals surface area contributed by atoms with Gasteiger partial charge in [-0.1, -0.05) is 39.0 Å². The fraction of sp³-hybridized carbons (Fsp3) is 0.667. The molecule has 0 amide bonds. The van der Waals surface area contributed by atoms with Gasteiger partial charge in [0.1, 0.15) is 11.4 Å². The molecule has 0 aromatic heterocycles. The first-order valence-electron chi connectivity index (χ1n) is 8.97. The van der Waals surface area contributed by atoms with Crippen LogP contribution < -0.4 is 4.74 Å². The third-order valence-corrected chi connectivity index (χ3v) is 4.02. The van der Waals surface area contributed by atoms with Crippen LogP contribution in [0.1, 0.15) is 67.2 Å². The molecule has 0 aliphatic carbocycles. The molecule has 1 aromatic rings. The monoisotopic (exact) mass is 334 g/mol. The maximum atomic E-state index is 12.1. The van der Waals surface area contributed by atoms with E-state index < -0.39 is 5.60 Å². The summed E-state index contributed by atoms with van der Waals surface area (Å²) in [5.41, 5.74) is -0.319. The molecule has 0 radical (unpaired) electrons. The number of para-hydroxylation sites is 1. The van der Waals surface area contributed by atoms with E-state index in [1.165, 1.54) is 0 Å². The molecule has 3 nitrogen and oxygen atoms in total. The maximum Gasteiger partial charge on any atom is 0.306 e. The van der Waals surface area contributed by atoms with Gasteiger partial charge in [0.2, 0.25) is 0 Å². The maximum absolute atomic E-state index is 12.1. The van der Waals surface area contributed by atoms with Crippen molar-refractivity contribution in [3.8, 4) is 5.75 Å². The van der Waals surface area contributed by atoms with Crippen LogP contribution in [0.4, 0.5) is 0 Å². The molecule has 0 saturated heterocycles. The molecule has 1 atom stereocenters. The van der Waals surface area contributed by atoms with Gasteiger partial charge in [0, 0.05) is 6.42 Å². The Morgan fingerprint density at radius 3 is 2.17 bits per heavy atom. The first kappa shape index (κ1) is 20.5. The van der Waals surface area contributed by atoms with Crippen LogP contribution in [-0.2, 0) is 9.53 Å². The van der Waals surface area contributed by atoms with Gasteiger partial charge in [0.05, 0.1) is 6.61 Å². The third kappa shape index (κ3) is 8.95. The normalized spacial score (nSPS) is 13.4. The Morgan fingerprint density at radius 2 is 1.62 bits per heavy atom. The van der Waals surface area contributed by atoms with Crippen LogP contribution >= 0.6 is 0 Å². The molecule has 1 aromatic carbocycles. The molecule has 0 spiro atoms. The lowest BCUT2D eigenvalue weighted by Gasteiger charge is -2.31. The van der Waals surface area contributed by atoms with Crippen LogP contribution in [0.15, 0.2) is 30.3 Å². The third-order valence-electron chi connectivity index (χ3n) is 4.02. The van der Waals surface area contributed by atoms with Gasteiger partial charge in [0.15, 0.2) is 0 Å². The summed E-state index contributed by atoms with van der Waals surface area (Å²) in [5.74, 6) is 1.14. The van der Waals surface area contributed by atoms with Crippen LogP contribution in [0.2, 0.25) is 0 Å². The SMILES string of the molecule is CC(C)(C)OC(=O)CC(CCCCOc1ccccc1)C(C)(C)C. The predicted octanol–water partition coefficient (Wildman–Crippen LogP) is 5.63. The Balaban J connectivity index is 2.37. The second kappa shape index (κ2) is 9.10. The van der Waals surface area contributed by atoms with Crippen LogP contribution in [0.25, 0.3) is 0 Å². The fourth-order valence-electron chi connectivity index (χ4n) is 2.63. The van der Waals surface area contributed by atoms with Crippen molar-refractivity contribution >= 4 is 5.97 Å². The molecular weight excluding hydrogens is 300 g/mol. The van der Waals surface area contributed by atoms with Gasteiger partial charge >= 0.3 is 5.97 Å². The Hall–Kier alpha value is -1.51. The molecule has 136 valence electrons. The van der Waals surface area contributed by atoms with Crippen LogP contribution in [0.5, 0.6) is 5.75 Å². The molecule has 0 aliphatic rings. The number of benzene rings is 1. The van der Waals surface area contributed by atoms with Gasteiger partial charge in [-0.05, 0) is 63.5 Å². The average molecular weight is 335 g/mol. The second-order valence-corrected chi connectivity index (χ2v) is 8.51. The number of esters is 1. The van der Waals surface area contributed by atoms with Crippen molar-refractivity contribution in [3.05, 3.63) is 30.3 Å². The molecule has 0 saturated carbocycles. The summed E-state index contributed by atoms with van der Waals surface area (Å²) in [4.78, 5) is 12.1. The highest BCUT2D eigenvalue weighted by atomic mass is 16.6. The second-order valence-electron chi connectivity index (χ2n) is 8.51. The first-order valence-corrected chi connectivity index (χ1v) is 8.97. The lowest BCUT2D eigenvalue weighted by molar-refractivity contribution is -0.157. The van der Waals surface area contributed by atoms with E-state index in [0.717, 1.165) is 25.0 Å². The lowest BCUT2D eigenvalue weighted by atomic mass is 9.76. The van der Waals surface area contributed by atoms with E-state index >= 15 is 0 Å². The zero-order valence-electron chi connectivity index (χ0n) is 16.2. The molecule has 0 N–H and O–H groups in total. The Bertz CT molecular complexity index is 480. The number of unbranched alkanes of at least 4 members (excludes halogenated alkanes) is 1. The van der Waals surface area contributed by atoms with E-state index in [4.69, 9.17) is 9.47 Å². The molecule has 24 heavy (non-hydrogen) atoms. The number of hydrogen-bond donors (Lipinski definition) is 0. The van der Waals surface area contributed by atoms with Crippen LogP contribution in [-0.4, -0.2) is 18.2 Å². The quantitative estimate of drug-likeness (QED) is 0.456. The van der Waals surface area contributed by atoms with E-state index in [-0.39, 0.29) is 11.4 Å². The van der Waals surface area contributed by atoms with E-state index in [2.05, 4.69) is 20.8 Å². The van der Waals surface area contributed by atoms with Gasteiger partial charge in [-0.15, -0.1) is 0 Å². The predicted molar refractivity (Wildman–Crippen MR) is 99.2 cm³/mol. The molecule has 0 fully saturated rings. The molecule has 0 aliphatic heterocycles. The smallest absolute Gasteiger partial charge is 0.306 e. The summed E-state index contributed by atoms with van der Waals surface area (Å²) >= 11 is 0.